The van der Waals surface area contributed by atoms with Gasteiger partial charge in [-0.05, 0) is 49.2 Å². The monoisotopic (exact) mass is 307 g/mol. The fourth-order valence-electron chi connectivity index (χ4n) is 4.48. The molecule has 0 fully saturated rings. The lowest BCUT2D eigenvalue weighted by atomic mass is 9.55. The van der Waals surface area contributed by atoms with E-state index in [0.29, 0.717) is 5.92 Å². The van der Waals surface area contributed by atoms with Gasteiger partial charge in [0, 0.05) is 17.9 Å². The summed E-state index contributed by atoms with van der Waals surface area (Å²) in [4.78, 5) is 2.18. The molecule has 3 aliphatic carbocycles. The molecule has 0 amide bonds. The van der Waals surface area contributed by atoms with Crippen LogP contribution in [0, 0.1) is 0 Å². The van der Waals surface area contributed by atoms with Gasteiger partial charge in [0.05, 0.1) is 13.2 Å². The summed E-state index contributed by atoms with van der Waals surface area (Å²) in [5.41, 5.74) is 6.09. The molecular formula is C21H25NO. The number of benzene rings is 2. The Labute approximate surface area is 139 Å². The molecule has 2 nitrogen and oxygen atoms in total. The highest BCUT2D eigenvalue weighted by Crippen LogP contribution is 2.56. The van der Waals surface area contributed by atoms with Crippen molar-refractivity contribution in [3.05, 3.63) is 70.8 Å². The van der Waals surface area contributed by atoms with Crippen molar-refractivity contribution in [1.82, 2.24) is 4.90 Å². The molecule has 0 atom stereocenters. The van der Waals surface area contributed by atoms with Gasteiger partial charge in [0.1, 0.15) is 0 Å². The van der Waals surface area contributed by atoms with E-state index >= 15 is 0 Å². The fraction of sp³-hybridized carbons (Fsp3) is 0.429. The van der Waals surface area contributed by atoms with E-state index in [1.54, 1.807) is 0 Å². The molecule has 5 rings (SSSR count). The van der Waals surface area contributed by atoms with Gasteiger partial charge in [0.15, 0.2) is 0 Å². The van der Waals surface area contributed by atoms with Crippen molar-refractivity contribution in [3.8, 4) is 0 Å². The maximum absolute atomic E-state index is 6.17. The lowest BCUT2D eigenvalue weighted by Crippen LogP contribution is -2.44. The maximum atomic E-state index is 6.17. The highest BCUT2D eigenvalue weighted by atomic mass is 16.5. The molecule has 2 bridgehead atoms. The van der Waals surface area contributed by atoms with Gasteiger partial charge >= 0.3 is 0 Å². The lowest BCUT2D eigenvalue weighted by molar-refractivity contribution is 0.0739. The Hall–Kier alpha value is -1.64. The molecule has 3 aliphatic rings. The standard InChI is InChI=1S/C21H25NO/c1-22(2)13-14-23-15-21-12-11-16(17-7-3-5-9-19(17)21)18-8-4-6-10-20(18)21/h3-10,16H,11-15H2,1-2H3. The first-order chi connectivity index (χ1) is 11.2. The van der Waals surface area contributed by atoms with E-state index in [-0.39, 0.29) is 5.41 Å². The van der Waals surface area contributed by atoms with Crippen molar-refractivity contribution in [2.24, 2.45) is 0 Å². The van der Waals surface area contributed by atoms with Crippen LogP contribution in [0.15, 0.2) is 48.5 Å². The number of hydrogen-bond acceptors (Lipinski definition) is 2. The molecule has 0 saturated carbocycles. The van der Waals surface area contributed by atoms with Gasteiger partial charge in [0.2, 0.25) is 0 Å². The van der Waals surface area contributed by atoms with E-state index in [1.807, 2.05) is 0 Å². The molecule has 0 aromatic heterocycles. The number of likely N-dealkylation sites (N-methyl/N-ethyl adjacent to an activating group) is 1. The molecule has 2 aromatic rings. The number of ether oxygens (including phenoxy) is 1. The Morgan fingerprint density at radius 3 is 2.22 bits per heavy atom. The predicted octanol–water partition coefficient (Wildman–Crippen LogP) is 3.79. The van der Waals surface area contributed by atoms with Crippen LogP contribution in [-0.2, 0) is 10.2 Å². The van der Waals surface area contributed by atoms with Crippen molar-refractivity contribution < 1.29 is 4.74 Å². The molecule has 0 unspecified atom stereocenters. The zero-order valence-electron chi connectivity index (χ0n) is 14.1. The summed E-state index contributed by atoms with van der Waals surface area (Å²) in [5.74, 6) is 0.575. The number of nitrogens with zero attached hydrogens (tertiary/aromatic N) is 1. The minimum Gasteiger partial charge on any atom is -0.379 e. The largest absolute Gasteiger partial charge is 0.379 e. The van der Waals surface area contributed by atoms with Crippen molar-refractivity contribution in [1.29, 1.82) is 0 Å². The smallest absolute Gasteiger partial charge is 0.0604 e. The Morgan fingerprint density at radius 1 is 1.00 bits per heavy atom. The van der Waals surface area contributed by atoms with Crippen LogP contribution in [0.4, 0.5) is 0 Å². The molecule has 0 aliphatic heterocycles. The fourth-order valence-corrected chi connectivity index (χ4v) is 4.48. The number of hydrogen-bond donors (Lipinski definition) is 0. The van der Waals surface area contributed by atoms with E-state index in [9.17, 15) is 0 Å². The van der Waals surface area contributed by atoms with Gasteiger partial charge in [-0.3, -0.25) is 0 Å². The summed E-state index contributed by atoms with van der Waals surface area (Å²) in [6, 6.07) is 18.0. The quantitative estimate of drug-likeness (QED) is 0.779. The molecule has 0 heterocycles. The second-order valence-corrected chi connectivity index (χ2v) is 7.20. The minimum atomic E-state index is 0.0499. The molecule has 0 radical (unpaired) electrons. The lowest BCUT2D eigenvalue weighted by Gasteiger charge is -2.49. The van der Waals surface area contributed by atoms with Gasteiger partial charge in [-0.2, -0.15) is 0 Å². The second-order valence-electron chi connectivity index (χ2n) is 7.20. The molecule has 0 N–H and O–H groups in total. The Kier molecular flexibility index (Phi) is 3.74. The van der Waals surface area contributed by atoms with E-state index < -0.39 is 0 Å². The zero-order valence-corrected chi connectivity index (χ0v) is 14.1. The highest BCUT2D eigenvalue weighted by molar-refractivity contribution is 5.59. The average molecular weight is 307 g/mol. The molecule has 23 heavy (non-hydrogen) atoms. The third-order valence-electron chi connectivity index (χ3n) is 5.59. The SMILES string of the molecule is CN(C)CCOCC12CCC(c3ccccc31)c1ccccc12. The van der Waals surface area contributed by atoms with Crippen molar-refractivity contribution in [2.75, 3.05) is 33.9 Å². The summed E-state index contributed by atoms with van der Waals surface area (Å²) < 4.78 is 6.17. The molecular weight excluding hydrogens is 282 g/mol. The molecule has 0 saturated heterocycles. The van der Waals surface area contributed by atoms with E-state index in [0.717, 1.165) is 19.8 Å². The van der Waals surface area contributed by atoms with Gasteiger partial charge in [0.25, 0.3) is 0 Å². The Morgan fingerprint density at radius 2 is 1.61 bits per heavy atom. The van der Waals surface area contributed by atoms with Crippen molar-refractivity contribution >= 4 is 0 Å². The van der Waals surface area contributed by atoms with Gasteiger partial charge < -0.3 is 9.64 Å². The zero-order chi connectivity index (χ0) is 15.9. The summed E-state index contributed by atoms with van der Waals surface area (Å²) in [5, 5.41) is 0. The molecule has 2 aromatic carbocycles. The highest BCUT2D eigenvalue weighted by Gasteiger charge is 2.48. The Bertz CT molecular complexity index is 659. The third kappa shape index (κ3) is 2.32. The number of rotatable bonds is 5. The van der Waals surface area contributed by atoms with E-state index in [4.69, 9.17) is 4.74 Å². The van der Waals surface area contributed by atoms with Crippen LogP contribution in [0.2, 0.25) is 0 Å². The van der Waals surface area contributed by atoms with Crippen LogP contribution in [0.1, 0.15) is 41.0 Å². The van der Waals surface area contributed by atoms with Crippen molar-refractivity contribution in [3.63, 3.8) is 0 Å². The Balaban J connectivity index is 1.73. The summed E-state index contributed by atoms with van der Waals surface area (Å²) in [6.07, 6.45) is 2.44. The molecule has 0 spiro atoms. The third-order valence-corrected chi connectivity index (χ3v) is 5.59. The van der Waals surface area contributed by atoms with Crippen LogP contribution in [-0.4, -0.2) is 38.8 Å². The predicted molar refractivity (Wildman–Crippen MR) is 94.1 cm³/mol. The van der Waals surface area contributed by atoms with Gasteiger partial charge in [-0.25, -0.2) is 0 Å². The van der Waals surface area contributed by atoms with Crippen LogP contribution < -0.4 is 0 Å². The van der Waals surface area contributed by atoms with Crippen LogP contribution in [0.5, 0.6) is 0 Å². The van der Waals surface area contributed by atoms with Gasteiger partial charge in [-0.1, -0.05) is 48.5 Å². The van der Waals surface area contributed by atoms with Crippen LogP contribution >= 0.6 is 0 Å². The minimum absolute atomic E-state index is 0.0499. The summed E-state index contributed by atoms with van der Waals surface area (Å²) in [7, 11) is 4.19. The van der Waals surface area contributed by atoms with Gasteiger partial charge in [-0.15, -0.1) is 0 Å². The number of fused-ring (bicyclic) bond motifs is 1. The second kappa shape index (κ2) is 5.77. The molecule has 2 heteroatoms. The average Bonchev–Trinajstić information content (AvgIpc) is 2.59. The summed E-state index contributed by atoms with van der Waals surface area (Å²) >= 11 is 0. The maximum Gasteiger partial charge on any atom is 0.0604 e. The first kappa shape index (κ1) is 14.9. The summed E-state index contributed by atoms with van der Waals surface area (Å²) in [6.45, 7) is 2.56. The van der Waals surface area contributed by atoms with E-state index in [2.05, 4.69) is 67.5 Å². The van der Waals surface area contributed by atoms with Crippen molar-refractivity contribution in [2.45, 2.75) is 24.2 Å². The first-order valence-corrected chi connectivity index (χ1v) is 8.64. The van der Waals surface area contributed by atoms with E-state index in [1.165, 1.54) is 35.1 Å². The van der Waals surface area contributed by atoms with Crippen LogP contribution in [0.3, 0.4) is 0 Å². The topological polar surface area (TPSA) is 12.5 Å². The normalized spacial score (nSPS) is 24.6. The molecule has 120 valence electrons. The van der Waals surface area contributed by atoms with Crippen LogP contribution in [0.25, 0.3) is 0 Å². The first-order valence-electron chi connectivity index (χ1n) is 8.64.